The number of methoxy groups -OCH3 is 1. The quantitative estimate of drug-likeness (QED) is 0.834. The number of nitrogens with one attached hydrogen (secondary N) is 1. The second-order valence-electron chi connectivity index (χ2n) is 4.43. The minimum atomic E-state index is 0.692. The lowest BCUT2D eigenvalue weighted by molar-refractivity contribution is 0.200. The van der Waals surface area contributed by atoms with Crippen molar-refractivity contribution in [2.75, 3.05) is 20.3 Å². The smallest absolute Gasteiger partial charge is 0.131 e. The molecule has 0 spiro atoms. The topological polar surface area (TPSA) is 47.0 Å². The highest BCUT2D eigenvalue weighted by atomic mass is 16.5. The molecule has 2 heterocycles. The molecule has 0 amide bonds. The van der Waals surface area contributed by atoms with Crippen LogP contribution < -0.4 is 5.32 Å². The van der Waals surface area contributed by atoms with Gasteiger partial charge in [-0.2, -0.15) is 0 Å². The van der Waals surface area contributed by atoms with Crippen LogP contribution in [0.15, 0.2) is 0 Å². The molecule has 4 nitrogen and oxygen atoms in total. The zero-order valence-electron chi connectivity index (χ0n) is 10.8. The summed E-state index contributed by atoms with van der Waals surface area (Å²) in [5, 5.41) is 3.37. The lowest BCUT2D eigenvalue weighted by atomic mass is 10.0. The highest BCUT2D eigenvalue weighted by Gasteiger charge is 2.16. The molecule has 1 aliphatic rings. The highest BCUT2D eigenvalue weighted by Crippen LogP contribution is 2.17. The Morgan fingerprint density at radius 2 is 2.18 bits per heavy atom. The number of ether oxygens (including phenoxy) is 1. The van der Waals surface area contributed by atoms with Crippen molar-refractivity contribution < 1.29 is 4.74 Å². The lowest BCUT2D eigenvalue weighted by Gasteiger charge is -2.20. The zero-order valence-corrected chi connectivity index (χ0v) is 10.8. The van der Waals surface area contributed by atoms with Gasteiger partial charge in [-0.05, 0) is 24.9 Å². The maximum absolute atomic E-state index is 5.09. The molecule has 17 heavy (non-hydrogen) atoms. The van der Waals surface area contributed by atoms with Crippen LogP contribution in [0.25, 0.3) is 0 Å². The van der Waals surface area contributed by atoms with Crippen molar-refractivity contribution in [3.8, 4) is 0 Å². The molecule has 2 rings (SSSR count). The fraction of sp³-hybridized carbons (Fsp3) is 0.692. The predicted octanol–water partition coefficient (Wildman–Crippen LogP) is 1.26. The van der Waals surface area contributed by atoms with E-state index < -0.39 is 0 Å². The maximum atomic E-state index is 5.09. The first kappa shape index (κ1) is 12.5. The molecule has 0 radical (unpaired) electrons. The summed E-state index contributed by atoms with van der Waals surface area (Å²) >= 11 is 0. The van der Waals surface area contributed by atoms with E-state index in [1.807, 2.05) is 0 Å². The van der Waals surface area contributed by atoms with Crippen LogP contribution in [0.5, 0.6) is 0 Å². The number of aromatic nitrogens is 2. The normalized spacial score (nSPS) is 14.7. The highest BCUT2D eigenvalue weighted by molar-refractivity contribution is 5.28. The van der Waals surface area contributed by atoms with Gasteiger partial charge in [0, 0.05) is 25.8 Å². The minimum absolute atomic E-state index is 0.692. The molecule has 1 N–H and O–H groups in total. The molecule has 0 unspecified atom stereocenters. The Morgan fingerprint density at radius 1 is 1.29 bits per heavy atom. The van der Waals surface area contributed by atoms with E-state index in [-0.39, 0.29) is 0 Å². The summed E-state index contributed by atoms with van der Waals surface area (Å²) in [6.45, 7) is 4.82. The van der Waals surface area contributed by atoms with Crippen molar-refractivity contribution >= 4 is 0 Å². The van der Waals surface area contributed by atoms with E-state index >= 15 is 0 Å². The number of rotatable bonds is 5. The molecule has 0 fully saturated rings. The summed E-state index contributed by atoms with van der Waals surface area (Å²) in [5.74, 6) is 0.928. The third-order valence-corrected chi connectivity index (χ3v) is 3.09. The molecule has 1 aliphatic heterocycles. The molecular formula is C13H21N3O. The van der Waals surface area contributed by atoms with Gasteiger partial charge in [-0.25, -0.2) is 9.97 Å². The van der Waals surface area contributed by atoms with E-state index in [0.29, 0.717) is 6.61 Å². The van der Waals surface area contributed by atoms with Gasteiger partial charge in [0.25, 0.3) is 0 Å². The maximum Gasteiger partial charge on any atom is 0.131 e. The van der Waals surface area contributed by atoms with Crippen LogP contribution in [0.2, 0.25) is 0 Å². The predicted molar refractivity (Wildman–Crippen MR) is 67.0 cm³/mol. The molecule has 1 aromatic rings. The monoisotopic (exact) mass is 235 g/mol. The summed E-state index contributed by atoms with van der Waals surface area (Å²) < 4.78 is 5.09. The average molecular weight is 235 g/mol. The van der Waals surface area contributed by atoms with Crippen molar-refractivity contribution in [2.45, 2.75) is 39.2 Å². The molecule has 0 aliphatic carbocycles. The van der Waals surface area contributed by atoms with Crippen molar-refractivity contribution in [1.29, 1.82) is 0 Å². The SMILES string of the molecule is CCCc1nc(CCOC)nc2c1CCNC2. The summed E-state index contributed by atoms with van der Waals surface area (Å²) in [7, 11) is 1.72. The molecule has 0 atom stereocenters. The van der Waals surface area contributed by atoms with Crippen LogP contribution in [0, 0.1) is 0 Å². The Bertz CT molecular complexity index is 379. The van der Waals surface area contributed by atoms with Crippen LogP contribution >= 0.6 is 0 Å². The van der Waals surface area contributed by atoms with Crippen molar-refractivity contribution in [1.82, 2.24) is 15.3 Å². The molecule has 1 aromatic heterocycles. The van der Waals surface area contributed by atoms with Crippen LogP contribution in [0.4, 0.5) is 0 Å². The van der Waals surface area contributed by atoms with E-state index in [1.54, 1.807) is 7.11 Å². The third-order valence-electron chi connectivity index (χ3n) is 3.09. The van der Waals surface area contributed by atoms with E-state index in [2.05, 4.69) is 17.2 Å². The Labute approximate surface area is 103 Å². The lowest BCUT2D eigenvalue weighted by Crippen LogP contribution is -2.27. The van der Waals surface area contributed by atoms with Crippen molar-refractivity contribution in [3.05, 3.63) is 22.8 Å². The van der Waals surface area contributed by atoms with E-state index in [9.17, 15) is 0 Å². The van der Waals surface area contributed by atoms with Gasteiger partial charge in [0.1, 0.15) is 5.82 Å². The number of hydrogen-bond donors (Lipinski definition) is 1. The molecule has 4 heteroatoms. The van der Waals surface area contributed by atoms with Gasteiger partial charge >= 0.3 is 0 Å². The summed E-state index contributed by atoms with van der Waals surface area (Å²) in [5.41, 5.74) is 3.83. The molecule has 0 saturated carbocycles. The molecule has 0 aromatic carbocycles. The van der Waals surface area contributed by atoms with E-state index in [0.717, 1.165) is 44.6 Å². The molecule has 0 bridgehead atoms. The zero-order chi connectivity index (χ0) is 12.1. The minimum Gasteiger partial charge on any atom is -0.384 e. The summed E-state index contributed by atoms with van der Waals surface area (Å²) in [4.78, 5) is 9.33. The first-order valence-corrected chi connectivity index (χ1v) is 6.42. The fourth-order valence-electron chi connectivity index (χ4n) is 2.24. The molecule has 94 valence electrons. The Morgan fingerprint density at radius 3 is 2.94 bits per heavy atom. The molecule has 0 saturated heterocycles. The van der Waals surface area contributed by atoms with E-state index in [4.69, 9.17) is 9.72 Å². The third kappa shape index (κ3) is 3.01. The number of aryl methyl sites for hydroxylation is 1. The summed E-state index contributed by atoms with van der Waals surface area (Å²) in [6.07, 6.45) is 4.07. The molecular weight excluding hydrogens is 214 g/mol. The number of nitrogens with zero attached hydrogens (tertiary/aromatic N) is 2. The summed E-state index contributed by atoms with van der Waals surface area (Å²) in [6, 6.07) is 0. The van der Waals surface area contributed by atoms with Crippen LogP contribution in [0.3, 0.4) is 0 Å². The van der Waals surface area contributed by atoms with Crippen LogP contribution in [-0.2, 0) is 30.5 Å². The Hall–Kier alpha value is -1.00. The van der Waals surface area contributed by atoms with Crippen LogP contribution in [0.1, 0.15) is 36.1 Å². The fourth-order valence-corrected chi connectivity index (χ4v) is 2.24. The average Bonchev–Trinajstić information content (AvgIpc) is 2.37. The Kier molecular flexibility index (Phi) is 4.45. The van der Waals surface area contributed by atoms with Gasteiger partial charge in [0.15, 0.2) is 0 Å². The first-order chi connectivity index (χ1) is 8.35. The van der Waals surface area contributed by atoms with Crippen LogP contribution in [-0.4, -0.2) is 30.2 Å². The van der Waals surface area contributed by atoms with Crippen molar-refractivity contribution in [2.24, 2.45) is 0 Å². The van der Waals surface area contributed by atoms with Gasteiger partial charge in [0.05, 0.1) is 12.3 Å². The van der Waals surface area contributed by atoms with Gasteiger partial charge in [-0.3, -0.25) is 0 Å². The number of fused-ring (bicyclic) bond motifs is 1. The second-order valence-corrected chi connectivity index (χ2v) is 4.43. The van der Waals surface area contributed by atoms with Crippen molar-refractivity contribution in [3.63, 3.8) is 0 Å². The number of hydrogen-bond acceptors (Lipinski definition) is 4. The first-order valence-electron chi connectivity index (χ1n) is 6.42. The standard InChI is InChI=1S/C13H21N3O/c1-3-4-11-10-5-7-14-9-12(10)16-13(15-11)6-8-17-2/h14H,3-9H2,1-2H3. The Balaban J connectivity index is 2.27. The van der Waals surface area contributed by atoms with Gasteiger partial charge < -0.3 is 10.1 Å². The largest absolute Gasteiger partial charge is 0.384 e. The van der Waals surface area contributed by atoms with Gasteiger partial charge in [-0.1, -0.05) is 13.3 Å². The van der Waals surface area contributed by atoms with E-state index in [1.165, 1.54) is 17.0 Å². The second kappa shape index (κ2) is 6.07. The van der Waals surface area contributed by atoms with Gasteiger partial charge in [-0.15, -0.1) is 0 Å². The van der Waals surface area contributed by atoms with Gasteiger partial charge in [0.2, 0.25) is 0 Å².